The van der Waals surface area contributed by atoms with E-state index in [1.54, 1.807) is 33.9 Å². The van der Waals surface area contributed by atoms with Gasteiger partial charge in [-0.25, -0.2) is 14.8 Å². The predicted molar refractivity (Wildman–Crippen MR) is 149 cm³/mol. The van der Waals surface area contributed by atoms with Crippen LogP contribution in [0.25, 0.3) is 22.0 Å². The Balaban J connectivity index is 1.44. The van der Waals surface area contributed by atoms with Crippen molar-refractivity contribution in [1.82, 2.24) is 24.4 Å². The van der Waals surface area contributed by atoms with Crippen molar-refractivity contribution in [3.05, 3.63) is 75.1 Å². The van der Waals surface area contributed by atoms with Gasteiger partial charge in [-0.15, -0.1) is 0 Å². The molecule has 2 atom stereocenters. The Morgan fingerprint density at radius 3 is 2.65 bits per heavy atom. The zero-order chi connectivity index (χ0) is 28.0. The first-order valence-electron chi connectivity index (χ1n) is 13.1. The van der Waals surface area contributed by atoms with Crippen LogP contribution in [-0.4, -0.2) is 62.9 Å². The van der Waals surface area contributed by atoms with Crippen LogP contribution in [0.5, 0.6) is 11.8 Å². The first kappa shape index (κ1) is 26.1. The van der Waals surface area contributed by atoms with Crippen molar-refractivity contribution in [2.75, 3.05) is 20.3 Å². The highest BCUT2D eigenvalue weighted by Crippen LogP contribution is 2.37. The van der Waals surface area contributed by atoms with Crippen molar-refractivity contribution >= 4 is 28.6 Å². The van der Waals surface area contributed by atoms with Crippen LogP contribution < -0.4 is 15.0 Å². The van der Waals surface area contributed by atoms with Gasteiger partial charge in [0.1, 0.15) is 24.3 Å². The number of cyclic esters (lactones) is 1. The van der Waals surface area contributed by atoms with Crippen molar-refractivity contribution in [2.24, 2.45) is 0 Å². The standard InChI is InChI=1S/C29H28ClN5O5/c1-16-24(13-31-28(32-16)38-3)22-11-25-23(12-26(22)40-21-8-9-34-20(10-21)15-39-29(34)37)27(36)35(17(2)33-25)14-18-4-6-19(30)7-5-18/h4-7,11-13,20-21H,8-10,14-15H2,1-3H3/t20-,21-/m0/s1. The van der Waals surface area contributed by atoms with Crippen LogP contribution in [0.4, 0.5) is 4.79 Å². The Labute approximate surface area is 235 Å². The van der Waals surface area contributed by atoms with Crippen molar-refractivity contribution in [1.29, 1.82) is 0 Å². The fourth-order valence-electron chi connectivity index (χ4n) is 5.38. The minimum Gasteiger partial charge on any atom is -0.490 e. The molecule has 6 rings (SSSR count). The third kappa shape index (κ3) is 4.83. The first-order valence-corrected chi connectivity index (χ1v) is 13.5. The molecule has 206 valence electrons. The van der Waals surface area contributed by atoms with Crippen LogP contribution in [0.3, 0.4) is 0 Å². The lowest BCUT2D eigenvalue weighted by Crippen LogP contribution is -2.44. The van der Waals surface area contributed by atoms with E-state index in [2.05, 4.69) is 9.97 Å². The summed E-state index contributed by atoms with van der Waals surface area (Å²) < 4.78 is 18.7. The van der Waals surface area contributed by atoms with E-state index in [0.29, 0.717) is 65.7 Å². The molecule has 11 heteroatoms. The number of nitrogens with zero attached hydrogens (tertiary/aromatic N) is 5. The summed E-state index contributed by atoms with van der Waals surface area (Å²) in [5.41, 5.74) is 3.51. The van der Waals surface area contributed by atoms with E-state index in [0.717, 1.165) is 16.7 Å². The quantitative estimate of drug-likeness (QED) is 0.337. The van der Waals surface area contributed by atoms with Gasteiger partial charge in [-0.05, 0) is 43.7 Å². The SMILES string of the molecule is COc1ncc(-c2cc3nc(C)n(Cc4ccc(Cl)cc4)c(=O)c3cc2O[C@H]2CCN3C(=O)OC[C@@H]3C2)c(C)n1. The second kappa shape index (κ2) is 10.4. The second-order valence-electron chi connectivity index (χ2n) is 10.1. The molecule has 0 N–H and O–H groups in total. The third-order valence-corrected chi connectivity index (χ3v) is 7.78. The Bertz CT molecular complexity index is 1670. The number of benzene rings is 2. The smallest absolute Gasteiger partial charge is 0.410 e. The van der Waals surface area contributed by atoms with Gasteiger partial charge in [0.25, 0.3) is 5.56 Å². The molecule has 0 saturated carbocycles. The van der Waals surface area contributed by atoms with Crippen molar-refractivity contribution in [3.63, 3.8) is 0 Å². The zero-order valence-corrected chi connectivity index (χ0v) is 23.1. The third-order valence-electron chi connectivity index (χ3n) is 7.53. The molecule has 4 heterocycles. The number of piperidine rings is 1. The largest absolute Gasteiger partial charge is 0.490 e. The van der Waals surface area contributed by atoms with E-state index in [1.807, 2.05) is 32.0 Å². The van der Waals surface area contributed by atoms with Gasteiger partial charge in [0.2, 0.25) is 0 Å². The summed E-state index contributed by atoms with van der Waals surface area (Å²) in [6, 6.07) is 11.3. The van der Waals surface area contributed by atoms with Gasteiger partial charge < -0.3 is 19.1 Å². The first-order chi connectivity index (χ1) is 19.3. The van der Waals surface area contributed by atoms with E-state index >= 15 is 0 Å². The molecule has 10 nitrogen and oxygen atoms in total. The molecule has 0 bridgehead atoms. The van der Waals surface area contributed by atoms with Gasteiger partial charge in [-0.1, -0.05) is 23.7 Å². The summed E-state index contributed by atoms with van der Waals surface area (Å²) in [4.78, 5) is 41.1. The molecule has 0 radical (unpaired) electrons. The monoisotopic (exact) mass is 561 g/mol. The molecule has 2 fully saturated rings. The Morgan fingerprint density at radius 2 is 1.90 bits per heavy atom. The number of aryl methyl sites for hydroxylation is 2. The maximum Gasteiger partial charge on any atom is 0.410 e. The maximum atomic E-state index is 13.8. The number of aromatic nitrogens is 4. The molecular weight excluding hydrogens is 534 g/mol. The van der Waals surface area contributed by atoms with Crippen molar-refractivity contribution in [3.8, 4) is 22.9 Å². The Hall–Kier alpha value is -4.18. The van der Waals surface area contributed by atoms with Crippen LogP contribution in [0.15, 0.2) is 47.4 Å². The van der Waals surface area contributed by atoms with Gasteiger partial charge in [-0.2, -0.15) is 4.98 Å². The molecule has 2 aliphatic heterocycles. The highest BCUT2D eigenvalue weighted by atomic mass is 35.5. The fraction of sp³-hybridized carbons (Fsp3) is 0.345. The molecule has 2 aliphatic rings. The lowest BCUT2D eigenvalue weighted by Gasteiger charge is -2.33. The maximum absolute atomic E-state index is 13.8. The summed E-state index contributed by atoms with van der Waals surface area (Å²) in [5, 5.41) is 1.08. The van der Waals surface area contributed by atoms with Crippen LogP contribution in [0, 0.1) is 13.8 Å². The van der Waals surface area contributed by atoms with E-state index in [4.69, 9.17) is 30.8 Å². The number of methoxy groups -OCH3 is 1. The molecule has 4 aromatic rings. The number of amides is 1. The van der Waals surface area contributed by atoms with E-state index in [9.17, 15) is 9.59 Å². The summed E-state index contributed by atoms with van der Waals surface area (Å²) in [6.45, 7) is 4.96. The summed E-state index contributed by atoms with van der Waals surface area (Å²) in [7, 11) is 1.52. The minimum absolute atomic E-state index is 0.0258. The molecule has 40 heavy (non-hydrogen) atoms. The molecule has 1 amide bonds. The normalized spacial score (nSPS) is 18.5. The van der Waals surface area contributed by atoms with E-state index in [1.165, 1.54) is 7.11 Å². The Kier molecular flexibility index (Phi) is 6.79. The van der Waals surface area contributed by atoms with Gasteiger partial charge in [0.05, 0.1) is 36.3 Å². The van der Waals surface area contributed by atoms with Crippen molar-refractivity contribution < 1.29 is 19.0 Å². The Morgan fingerprint density at radius 1 is 1.10 bits per heavy atom. The average Bonchev–Trinajstić information content (AvgIpc) is 3.32. The molecular formula is C29H28ClN5O5. The zero-order valence-electron chi connectivity index (χ0n) is 22.4. The number of rotatable bonds is 6. The number of fused-ring (bicyclic) bond motifs is 2. The second-order valence-corrected chi connectivity index (χ2v) is 10.5. The van der Waals surface area contributed by atoms with Gasteiger partial charge in [0, 0.05) is 41.7 Å². The van der Waals surface area contributed by atoms with Crippen LogP contribution in [-0.2, 0) is 11.3 Å². The van der Waals surface area contributed by atoms with E-state index in [-0.39, 0.29) is 29.8 Å². The number of carbonyl (C=O) groups is 1. The summed E-state index contributed by atoms with van der Waals surface area (Å²) >= 11 is 6.05. The number of hydrogen-bond acceptors (Lipinski definition) is 8. The average molecular weight is 562 g/mol. The van der Waals surface area contributed by atoms with Crippen molar-refractivity contribution in [2.45, 2.75) is 45.4 Å². The number of ether oxygens (including phenoxy) is 3. The lowest BCUT2D eigenvalue weighted by molar-refractivity contribution is 0.0941. The molecule has 0 unspecified atom stereocenters. The van der Waals surface area contributed by atoms with Crippen LogP contribution >= 0.6 is 11.6 Å². The lowest BCUT2D eigenvalue weighted by atomic mass is 9.99. The fourth-order valence-corrected chi connectivity index (χ4v) is 5.51. The molecule has 2 saturated heterocycles. The molecule has 0 spiro atoms. The van der Waals surface area contributed by atoms with Gasteiger partial charge in [-0.3, -0.25) is 9.36 Å². The predicted octanol–water partition coefficient (Wildman–Crippen LogP) is 4.54. The van der Waals surface area contributed by atoms with Gasteiger partial charge in [0.15, 0.2) is 0 Å². The highest BCUT2D eigenvalue weighted by molar-refractivity contribution is 6.30. The van der Waals surface area contributed by atoms with Crippen LogP contribution in [0.1, 0.15) is 29.9 Å². The number of hydrogen-bond donors (Lipinski definition) is 0. The molecule has 2 aromatic carbocycles. The van der Waals surface area contributed by atoms with Crippen LogP contribution in [0.2, 0.25) is 5.02 Å². The van der Waals surface area contributed by atoms with E-state index < -0.39 is 0 Å². The summed E-state index contributed by atoms with van der Waals surface area (Å²) in [6.07, 6.45) is 2.53. The number of halogens is 1. The highest BCUT2D eigenvalue weighted by Gasteiger charge is 2.39. The topological polar surface area (TPSA) is 109 Å². The molecule has 0 aliphatic carbocycles. The summed E-state index contributed by atoms with van der Waals surface area (Å²) in [5.74, 6) is 1.13. The number of carbonyl (C=O) groups excluding carboxylic acids is 1. The minimum atomic E-state index is -0.275. The van der Waals surface area contributed by atoms with Gasteiger partial charge >= 0.3 is 12.1 Å². The molecule has 2 aromatic heterocycles.